The molecule has 2 aromatic carbocycles. The molecule has 29 heavy (non-hydrogen) atoms. The summed E-state index contributed by atoms with van der Waals surface area (Å²) in [5.41, 5.74) is 2.84. The van der Waals surface area contributed by atoms with E-state index in [0.717, 1.165) is 30.7 Å². The molecule has 0 bridgehead atoms. The Bertz CT molecular complexity index is 999. The van der Waals surface area contributed by atoms with Crippen LogP contribution in [0.3, 0.4) is 0 Å². The van der Waals surface area contributed by atoms with Crippen molar-refractivity contribution in [2.75, 3.05) is 10.2 Å². The van der Waals surface area contributed by atoms with Crippen LogP contribution in [-0.4, -0.2) is 23.5 Å². The Hall–Kier alpha value is -2.19. The Kier molecular flexibility index (Phi) is 6.14. The van der Waals surface area contributed by atoms with Crippen LogP contribution in [0.1, 0.15) is 31.9 Å². The van der Waals surface area contributed by atoms with Gasteiger partial charge >= 0.3 is 6.09 Å². The summed E-state index contributed by atoms with van der Waals surface area (Å²) in [6.07, 6.45) is 0.133. The van der Waals surface area contributed by atoms with E-state index < -0.39 is 11.7 Å². The highest BCUT2D eigenvalue weighted by atomic mass is 79.9. The van der Waals surface area contributed by atoms with Crippen molar-refractivity contribution in [2.24, 2.45) is 0 Å². The second-order valence-corrected chi connectivity index (χ2v) is 9.52. The van der Waals surface area contributed by atoms with Crippen LogP contribution in [0.2, 0.25) is 0 Å². The van der Waals surface area contributed by atoms with E-state index in [2.05, 4.69) is 37.2 Å². The normalized spacial score (nSPS) is 14.6. The van der Waals surface area contributed by atoms with Crippen molar-refractivity contribution in [1.82, 2.24) is 0 Å². The third-order valence-corrected chi connectivity index (χ3v) is 5.14. The number of ether oxygens (including phenoxy) is 1. The monoisotopic (exact) mass is 522 g/mol. The molecule has 0 aromatic heterocycles. The van der Waals surface area contributed by atoms with Gasteiger partial charge in [-0.1, -0.05) is 44.0 Å². The van der Waals surface area contributed by atoms with E-state index >= 15 is 0 Å². The number of hydrogen-bond donors (Lipinski definition) is 1. The zero-order valence-electron chi connectivity index (χ0n) is 16.2. The van der Waals surface area contributed by atoms with Crippen molar-refractivity contribution in [3.05, 3.63) is 56.5 Å². The molecule has 2 aliphatic heterocycles. The largest absolute Gasteiger partial charge is 0.443 e. The number of nitrogens with one attached hydrogen (secondary N) is 1. The van der Waals surface area contributed by atoms with E-state index in [1.807, 2.05) is 30.3 Å². The van der Waals surface area contributed by atoms with Crippen LogP contribution >= 0.6 is 31.9 Å². The molecule has 0 unspecified atom stereocenters. The van der Waals surface area contributed by atoms with Crippen LogP contribution in [-0.2, 0) is 27.2 Å². The first-order valence-electron chi connectivity index (χ1n) is 8.96. The van der Waals surface area contributed by atoms with Crippen molar-refractivity contribution in [3.8, 4) is 0 Å². The molecule has 152 valence electrons. The predicted octanol–water partition coefficient (Wildman–Crippen LogP) is 5.22. The van der Waals surface area contributed by atoms with Crippen molar-refractivity contribution in [2.45, 2.75) is 39.2 Å². The molecule has 0 radical (unpaired) electrons. The van der Waals surface area contributed by atoms with E-state index in [1.165, 1.54) is 0 Å². The van der Waals surface area contributed by atoms with E-state index in [1.54, 1.807) is 26.8 Å². The fourth-order valence-corrected chi connectivity index (χ4v) is 3.68. The highest BCUT2D eigenvalue weighted by Gasteiger charge is 2.35. The highest BCUT2D eigenvalue weighted by Crippen LogP contribution is 2.32. The molecular formula is C21H20Br2N2O4. The molecule has 8 heteroatoms. The minimum Gasteiger partial charge on any atom is -0.443 e. The molecule has 2 heterocycles. The van der Waals surface area contributed by atoms with Gasteiger partial charge in [-0.2, -0.15) is 0 Å². The summed E-state index contributed by atoms with van der Waals surface area (Å²) in [7, 11) is 0. The molecule has 0 spiro atoms. The summed E-state index contributed by atoms with van der Waals surface area (Å²) in [6.45, 7) is 5.31. The van der Waals surface area contributed by atoms with Gasteiger partial charge in [-0.15, -0.1) is 0 Å². The van der Waals surface area contributed by atoms with E-state index in [0.29, 0.717) is 12.1 Å². The molecule has 0 fully saturated rings. The first-order valence-corrected chi connectivity index (χ1v) is 10.5. The second-order valence-electron chi connectivity index (χ2n) is 7.69. The summed E-state index contributed by atoms with van der Waals surface area (Å²) >= 11 is 6.67. The van der Waals surface area contributed by atoms with Gasteiger partial charge in [-0.3, -0.25) is 9.59 Å². The molecular weight excluding hydrogens is 504 g/mol. The van der Waals surface area contributed by atoms with Crippen molar-refractivity contribution >= 4 is 61.1 Å². The molecule has 2 aliphatic rings. The van der Waals surface area contributed by atoms with Gasteiger partial charge in [-0.05, 0) is 56.2 Å². The number of nitrogens with zero attached hydrogens (tertiary/aromatic N) is 1. The van der Waals surface area contributed by atoms with Crippen LogP contribution < -0.4 is 10.2 Å². The van der Waals surface area contributed by atoms with E-state index in [9.17, 15) is 14.4 Å². The predicted molar refractivity (Wildman–Crippen MR) is 118 cm³/mol. The SMILES string of the molecule is CC(C)(C)OC(=O)N1C(=O)Cc2ccc(Br)cc21.O=C1Cc2ccc(Br)cc2N1. The summed E-state index contributed by atoms with van der Waals surface area (Å²) in [4.78, 5) is 35.9. The smallest absolute Gasteiger partial charge is 0.421 e. The van der Waals surface area contributed by atoms with Crippen LogP contribution in [0.15, 0.2) is 45.3 Å². The van der Waals surface area contributed by atoms with Crippen LogP contribution in [0.4, 0.5) is 16.2 Å². The summed E-state index contributed by atoms with van der Waals surface area (Å²) in [5.74, 6) is -0.171. The number of anilines is 2. The van der Waals surface area contributed by atoms with Gasteiger partial charge in [0.1, 0.15) is 5.60 Å². The number of fused-ring (bicyclic) bond motifs is 2. The van der Waals surface area contributed by atoms with Crippen LogP contribution in [0.5, 0.6) is 0 Å². The molecule has 2 aromatic rings. The van der Waals surface area contributed by atoms with Gasteiger partial charge < -0.3 is 10.1 Å². The molecule has 0 atom stereocenters. The average Bonchev–Trinajstić information content (AvgIpc) is 3.11. The number of amides is 3. The first kappa shape index (κ1) is 21.5. The Morgan fingerprint density at radius 2 is 1.62 bits per heavy atom. The average molecular weight is 524 g/mol. The highest BCUT2D eigenvalue weighted by molar-refractivity contribution is 9.10. The first-order chi connectivity index (χ1) is 13.5. The number of hydrogen-bond acceptors (Lipinski definition) is 4. The zero-order chi connectivity index (χ0) is 21.3. The second kappa shape index (κ2) is 8.28. The Morgan fingerprint density at radius 3 is 2.28 bits per heavy atom. The Balaban J connectivity index is 0.000000186. The maximum atomic E-state index is 12.0. The molecule has 4 rings (SSSR count). The van der Waals surface area contributed by atoms with Gasteiger partial charge in [-0.25, -0.2) is 9.69 Å². The summed E-state index contributed by atoms with van der Waals surface area (Å²) < 4.78 is 7.06. The van der Waals surface area contributed by atoms with Gasteiger partial charge in [0, 0.05) is 14.6 Å². The van der Waals surface area contributed by atoms with Crippen molar-refractivity contribution in [3.63, 3.8) is 0 Å². The quantitative estimate of drug-likeness (QED) is 0.513. The maximum Gasteiger partial charge on any atom is 0.421 e. The van der Waals surface area contributed by atoms with Crippen LogP contribution in [0, 0.1) is 0 Å². The Morgan fingerprint density at radius 1 is 1.00 bits per heavy atom. The van der Waals surface area contributed by atoms with Crippen molar-refractivity contribution in [1.29, 1.82) is 0 Å². The van der Waals surface area contributed by atoms with Gasteiger partial charge in [0.05, 0.1) is 18.5 Å². The fraction of sp³-hybridized carbons (Fsp3) is 0.286. The minimum atomic E-state index is -0.621. The number of imide groups is 1. The lowest BCUT2D eigenvalue weighted by molar-refractivity contribution is -0.117. The number of benzene rings is 2. The zero-order valence-corrected chi connectivity index (χ0v) is 19.4. The van der Waals surface area contributed by atoms with Crippen molar-refractivity contribution < 1.29 is 19.1 Å². The molecule has 0 saturated heterocycles. The lowest BCUT2D eigenvalue weighted by Crippen LogP contribution is -2.38. The molecule has 3 amide bonds. The maximum absolute atomic E-state index is 12.0. The number of carbonyl (C=O) groups excluding carboxylic acids is 3. The molecule has 0 saturated carbocycles. The van der Waals surface area contributed by atoms with Crippen LogP contribution in [0.25, 0.3) is 0 Å². The number of halogens is 2. The topological polar surface area (TPSA) is 75.7 Å². The standard InChI is InChI=1S/C13H14BrNO3.C8H6BrNO/c1-13(2,3)18-12(17)15-10-7-9(14)5-4-8(10)6-11(15)16;9-6-2-1-5-3-8(11)10-7(5)4-6/h4-5,7H,6H2,1-3H3;1-2,4H,3H2,(H,10,11). The molecule has 6 nitrogen and oxygen atoms in total. The Labute approximate surface area is 185 Å². The third kappa shape index (κ3) is 5.25. The van der Waals surface area contributed by atoms with Gasteiger partial charge in [0.2, 0.25) is 11.8 Å². The van der Waals surface area contributed by atoms with Gasteiger partial charge in [0.25, 0.3) is 0 Å². The number of rotatable bonds is 0. The fourth-order valence-electron chi connectivity index (χ4n) is 2.97. The summed E-state index contributed by atoms with van der Waals surface area (Å²) in [6, 6.07) is 11.3. The molecule has 0 aliphatic carbocycles. The van der Waals surface area contributed by atoms with E-state index in [4.69, 9.17) is 4.74 Å². The lowest BCUT2D eigenvalue weighted by atomic mass is 10.2. The molecule has 1 N–H and O–H groups in total. The lowest BCUT2D eigenvalue weighted by Gasteiger charge is -2.23. The summed E-state index contributed by atoms with van der Waals surface area (Å²) in [5, 5.41) is 2.77. The minimum absolute atomic E-state index is 0.0816. The third-order valence-electron chi connectivity index (χ3n) is 4.15. The number of carbonyl (C=O) groups is 3. The van der Waals surface area contributed by atoms with Gasteiger partial charge in [0.15, 0.2) is 0 Å². The van der Waals surface area contributed by atoms with E-state index in [-0.39, 0.29) is 18.2 Å².